The second-order valence-electron chi connectivity index (χ2n) is 3.55. The Morgan fingerprint density at radius 1 is 1.06 bits per heavy atom. The number of benzene rings is 1. The third-order valence-electron chi connectivity index (χ3n) is 2.47. The van der Waals surface area contributed by atoms with E-state index in [0.717, 1.165) is 16.7 Å². The van der Waals surface area contributed by atoms with Crippen LogP contribution in [-0.2, 0) is 6.18 Å². The van der Waals surface area contributed by atoms with Gasteiger partial charge in [-0.2, -0.15) is 13.2 Å². The molecule has 3 rings (SSSR count). The molecule has 0 atom stereocenters. The van der Waals surface area contributed by atoms with Crippen LogP contribution in [0.3, 0.4) is 0 Å². The Labute approximate surface area is 98.1 Å². The molecule has 1 aromatic carbocycles. The number of fused-ring (bicyclic) bond motifs is 3. The van der Waals surface area contributed by atoms with E-state index in [1.54, 1.807) is 17.5 Å². The van der Waals surface area contributed by atoms with E-state index in [9.17, 15) is 13.2 Å². The highest BCUT2D eigenvalue weighted by Gasteiger charge is 2.39. The summed E-state index contributed by atoms with van der Waals surface area (Å²) >= 11 is 1.02. The Hall–Kier alpha value is -1.69. The Kier molecular flexibility index (Phi) is 2.09. The van der Waals surface area contributed by atoms with Crippen molar-refractivity contribution in [3.8, 4) is 10.6 Å². The first-order valence-corrected chi connectivity index (χ1v) is 5.65. The van der Waals surface area contributed by atoms with E-state index in [1.165, 1.54) is 0 Å². The Balaban J connectivity index is 2.36. The zero-order chi connectivity index (χ0) is 12.0. The summed E-state index contributed by atoms with van der Waals surface area (Å²) in [6.45, 7) is 0. The van der Waals surface area contributed by atoms with Crippen LogP contribution in [0.15, 0.2) is 29.6 Å². The molecule has 0 unspecified atom stereocenters. The fourth-order valence-electron chi connectivity index (χ4n) is 1.71. The van der Waals surface area contributed by atoms with Crippen molar-refractivity contribution in [3.63, 3.8) is 0 Å². The van der Waals surface area contributed by atoms with E-state index >= 15 is 0 Å². The van der Waals surface area contributed by atoms with Gasteiger partial charge in [-0.3, -0.25) is 0 Å². The zero-order valence-corrected chi connectivity index (χ0v) is 9.14. The highest BCUT2D eigenvalue weighted by molar-refractivity contribution is 7.14. The highest BCUT2D eigenvalue weighted by atomic mass is 32.1. The summed E-state index contributed by atoms with van der Waals surface area (Å²) in [7, 11) is 0. The molecule has 0 amide bonds. The summed E-state index contributed by atoms with van der Waals surface area (Å²) in [4.78, 5) is 0.0937. The molecule has 0 bridgehead atoms. The number of alkyl halides is 3. The SMILES string of the molecule is FC(F)(F)c1nnc2c3ccccc3csc1-2. The van der Waals surface area contributed by atoms with Gasteiger partial charge in [0.05, 0.1) is 4.88 Å². The van der Waals surface area contributed by atoms with E-state index in [0.29, 0.717) is 11.1 Å². The van der Waals surface area contributed by atoms with Gasteiger partial charge in [-0.1, -0.05) is 24.3 Å². The lowest BCUT2D eigenvalue weighted by atomic mass is 10.1. The highest BCUT2D eigenvalue weighted by Crippen LogP contribution is 2.41. The van der Waals surface area contributed by atoms with Crippen LogP contribution in [0.1, 0.15) is 5.69 Å². The van der Waals surface area contributed by atoms with Gasteiger partial charge in [-0.25, -0.2) is 0 Å². The third kappa shape index (κ3) is 1.56. The van der Waals surface area contributed by atoms with Gasteiger partial charge in [0, 0.05) is 5.39 Å². The average molecular weight is 254 g/mol. The number of hydrogen-bond donors (Lipinski definition) is 0. The molecule has 1 aromatic rings. The van der Waals surface area contributed by atoms with Gasteiger partial charge in [0.2, 0.25) is 0 Å². The summed E-state index contributed by atoms with van der Waals surface area (Å²) < 4.78 is 38.0. The molecule has 2 aliphatic heterocycles. The lowest BCUT2D eigenvalue weighted by molar-refractivity contribution is -0.140. The van der Waals surface area contributed by atoms with Crippen molar-refractivity contribution in [1.82, 2.24) is 10.2 Å². The summed E-state index contributed by atoms with van der Waals surface area (Å²) in [5.41, 5.74) is -0.580. The van der Waals surface area contributed by atoms with Gasteiger partial charge in [0.15, 0.2) is 5.69 Å². The minimum atomic E-state index is -4.45. The van der Waals surface area contributed by atoms with Crippen molar-refractivity contribution in [1.29, 1.82) is 0 Å². The normalized spacial score (nSPS) is 12.4. The second-order valence-corrected chi connectivity index (χ2v) is 4.43. The van der Waals surface area contributed by atoms with E-state index in [-0.39, 0.29) is 4.88 Å². The maximum atomic E-state index is 12.7. The molecular formula is C11H5F3N2S. The Bertz CT molecular complexity index is 659. The smallest absolute Gasteiger partial charge is 0.164 e. The minimum absolute atomic E-state index is 0.0937. The molecule has 17 heavy (non-hydrogen) atoms. The van der Waals surface area contributed by atoms with E-state index in [4.69, 9.17) is 0 Å². The molecule has 2 nitrogen and oxygen atoms in total. The van der Waals surface area contributed by atoms with Gasteiger partial charge in [0.25, 0.3) is 0 Å². The van der Waals surface area contributed by atoms with Gasteiger partial charge in [-0.15, -0.1) is 21.5 Å². The van der Waals surface area contributed by atoms with Crippen molar-refractivity contribution in [2.45, 2.75) is 6.18 Å². The van der Waals surface area contributed by atoms with Crippen LogP contribution in [0.4, 0.5) is 13.2 Å². The van der Waals surface area contributed by atoms with Gasteiger partial charge in [-0.05, 0) is 10.8 Å². The topological polar surface area (TPSA) is 25.8 Å². The molecule has 2 aliphatic rings. The van der Waals surface area contributed by atoms with Crippen LogP contribution in [0.5, 0.6) is 0 Å². The second kappa shape index (κ2) is 3.40. The molecule has 0 radical (unpaired) electrons. The van der Waals surface area contributed by atoms with Gasteiger partial charge < -0.3 is 0 Å². The monoisotopic (exact) mass is 254 g/mol. The van der Waals surface area contributed by atoms with E-state index < -0.39 is 11.9 Å². The van der Waals surface area contributed by atoms with Crippen LogP contribution < -0.4 is 0 Å². The van der Waals surface area contributed by atoms with E-state index in [2.05, 4.69) is 10.2 Å². The minimum Gasteiger partial charge on any atom is -0.164 e. The van der Waals surface area contributed by atoms with Crippen molar-refractivity contribution in [3.05, 3.63) is 35.3 Å². The predicted molar refractivity (Wildman–Crippen MR) is 59.0 cm³/mol. The first-order chi connectivity index (χ1) is 8.07. The van der Waals surface area contributed by atoms with Crippen LogP contribution >= 0.6 is 11.3 Å². The Morgan fingerprint density at radius 2 is 1.82 bits per heavy atom. The standard InChI is InChI=1S/C11H5F3N2S/c12-11(13,14)10-9-8(15-16-10)7-4-2-1-3-6(7)5-17-9/h1-5H. The fourth-order valence-corrected chi connectivity index (χ4v) is 2.69. The average Bonchev–Trinajstić information content (AvgIpc) is 2.72. The Morgan fingerprint density at radius 3 is 2.59 bits per heavy atom. The molecule has 2 heterocycles. The lowest BCUT2D eigenvalue weighted by Crippen LogP contribution is -2.06. The van der Waals surface area contributed by atoms with Crippen molar-refractivity contribution in [2.24, 2.45) is 0 Å². The number of hydrogen-bond acceptors (Lipinski definition) is 3. The van der Waals surface area contributed by atoms with Crippen LogP contribution in [-0.4, -0.2) is 10.2 Å². The molecule has 0 aromatic heterocycles. The number of aromatic nitrogens is 2. The molecule has 0 N–H and O–H groups in total. The molecule has 0 saturated heterocycles. The third-order valence-corrected chi connectivity index (χ3v) is 3.46. The van der Waals surface area contributed by atoms with Crippen molar-refractivity contribution < 1.29 is 13.2 Å². The molecular weight excluding hydrogens is 249 g/mol. The number of rotatable bonds is 0. The first kappa shape index (κ1) is 10.5. The molecule has 0 saturated carbocycles. The molecule has 0 spiro atoms. The maximum Gasteiger partial charge on any atom is 0.436 e. The maximum absolute atomic E-state index is 12.7. The zero-order valence-electron chi connectivity index (χ0n) is 8.32. The predicted octanol–water partition coefficient (Wildman–Crippen LogP) is 3.81. The van der Waals surface area contributed by atoms with Crippen molar-refractivity contribution >= 4 is 22.1 Å². The largest absolute Gasteiger partial charge is 0.436 e. The molecule has 0 aliphatic carbocycles. The van der Waals surface area contributed by atoms with Crippen LogP contribution in [0, 0.1) is 0 Å². The summed E-state index contributed by atoms with van der Waals surface area (Å²) in [5.74, 6) is 0. The quantitative estimate of drug-likeness (QED) is 0.609. The molecule has 86 valence electrons. The summed E-state index contributed by atoms with van der Waals surface area (Å²) in [6.07, 6.45) is -4.45. The van der Waals surface area contributed by atoms with E-state index in [1.807, 2.05) is 12.1 Å². The summed E-state index contributed by atoms with van der Waals surface area (Å²) in [6, 6.07) is 7.20. The van der Waals surface area contributed by atoms with Crippen LogP contribution in [0.2, 0.25) is 0 Å². The molecule has 6 heteroatoms. The lowest BCUT2D eigenvalue weighted by Gasteiger charge is -2.05. The van der Waals surface area contributed by atoms with Gasteiger partial charge >= 0.3 is 6.18 Å². The first-order valence-electron chi connectivity index (χ1n) is 4.77. The summed E-state index contributed by atoms with van der Waals surface area (Å²) in [5, 5.41) is 10.2. The number of nitrogens with zero attached hydrogens (tertiary/aromatic N) is 2. The van der Waals surface area contributed by atoms with Crippen LogP contribution in [0.25, 0.3) is 21.3 Å². The fraction of sp³-hybridized carbons (Fsp3) is 0.0909. The van der Waals surface area contributed by atoms with Gasteiger partial charge in [0.1, 0.15) is 5.69 Å². The number of halogens is 3. The molecule has 0 fully saturated rings. The van der Waals surface area contributed by atoms with Crippen molar-refractivity contribution in [2.75, 3.05) is 0 Å².